The van der Waals surface area contributed by atoms with Crippen LogP contribution in [0.4, 0.5) is 24.7 Å². The summed E-state index contributed by atoms with van der Waals surface area (Å²) < 4.78 is 40.3. The summed E-state index contributed by atoms with van der Waals surface area (Å²) >= 11 is 0. The number of rotatable bonds is 4. The van der Waals surface area contributed by atoms with Gasteiger partial charge in [0.15, 0.2) is 5.82 Å². The first kappa shape index (κ1) is 15.6. The summed E-state index contributed by atoms with van der Waals surface area (Å²) in [5, 5.41) is 4.67. The standard InChI is InChI=1S/C16H11F3N4O/c17-15-13(23(18)19)6-5-11(9-1-3-10(20)4-2-9)14(15)16(24)12-7-8-21-22-12/h1-8H,20H2,(H,21,22). The molecule has 3 N–H and O–H groups in total. The predicted molar refractivity (Wildman–Crippen MR) is 83.0 cm³/mol. The number of hydrogen-bond donors (Lipinski definition) is 2. The minimum Gasteiger partial charge on any atom is -0.399 e. The molecule has 0 radical (unpaired) electrons. The molecule has 0 fully saturated rings. The Morgan fingerprint density at radius 3 is 2.38 bits per heavy atom. The number of ketones is 1. The van der Waals surface area contributed by atoms with Crippen molar-refractivity contribution in [1.82, 2.24) is 10.2 Å². The van der Waals surface area contributed by atoms with E-state index in [9.17, 15) is 18.1 Å². The highest BCUT2D eigenvalue weighted by molar-refractivity contribution is 6.12. The minimum absolute atomic E-state index is 0.00740. The number of nitrogens with zero attached hydrogens (tertiary/aromatic N) is 2. The summed E-state index contributed by atoms with van der Waals surface area (Å²) in [6.45, 7) is 0. The number of benzene rings is 2. The van der Waals surface area contributed by atoms with Gasteiger partial charge >= 0.3 is 0 Å². The lowest BCUT2D eigenvalue weighted by Crippen LogP contribution is -2.11. The van der Waals surface area contributed by atoms with Crippen LogP contribution in [0.2, 0.25) is 0 Å². The van der Waals surface area contributed by atoms with Crippen molar-refractivity contribution in [3.05, 3.63) is 65.7 Å². The molecule has 3 aromatic rings. The van der Waals surface area contributed by atoms with E-state index in [-0.39, 0.29) is 11.3 Å². The van der Waals surface area contributed by atoms with Gasteiger partial charge in [-0.1, -0.05) is 27.2 Å². The van der Waals surface area contributed by atoms with Crippen molar-refractivity contribution in [3.63, 3.8) is 0 Å². The number of carbonyl (C=O) groups excluding carboxylic acids is 1. The molecule has 3 rings (SSSR count). The van der Waals surface area contributed by atoms with Crippen molar-refractivity contribution < 1.29 is 18.1 Å². The van der Waals surface area contributed by atoms with Crippen LogP contribution < -0.4 is 11.1 Å². The summed E-state index contributed by atoms with van der Waals surface area (Å²) in [6, 6.07) is 9.81. The van der Waals surface area contributed by atoms with E-state index >= 15 is 0 Å². The van der Waals surface area contributed by atoms with Gasteiger partial charge in [-0.25, -0.2) is 4.39 Å². The molecular weight excluding hydrogens is 321 g/mol. The number of aromatic amines is 1. The molecule has 2 aromatic carbocycles. The number of anilines is 2. The number of carbonyl (C=O) groups is 1. The Morgan fingerprint density at radius 2 is 1.79 bits per heavy atom. The molecule has 0 saturated carbocycles. The van der Waals surface area contributed by atoms with E-state index < -0.39 is 28.2 Å². The number of hydrogen-bond acceptors (Lipinski definition) is 4. The van der Waals surface area contributed by atoms with E-state index in [0.717, 1.165) is 6.07 Å². The Balaban J connectivity index is 2.23. The maximum absolute atomic E-state index is 14.6. The Bertz CT molecular complexity index is 877. The molecule has 0 unspecified atom stereocenters. The second kappa shape index (κ2) is 6.07. The summed E-state index contributed by atoms with van der Waals surface area (Å²) in [5.41, 5.74) is 5.28. The van der Waals surface area contributed by atoms with Crippen molar-refractivity contribution in [1.29, 1.82) is 0 Å². The average Bonchev–Trinajstić information content (AvgIpc) is 3.09. The fraction of sp³-hybridized carbons (Fsp3) is 0. The number of nitrogens with two attached hydrogens (primary N) is 1. The second-order valence-corrected chi connectivity index (χ2v) is 4.98. The van der Waals surface area contributed by atoms with E-state index in [1.165, 1.54) is 18.3 Å². The smallest absolute Gasteiger partial charge is 0.214 e. The number of halogens is 3. The van der Waals surface area contributed by atoms with Gasteiger partial charge < -0.3 is 5.73 Å². The third-order valence-electron chi connectivity index (χ3n) is 3.50. The largest absolute Gasteiger partial charge is 0.399 e. The lowest BCUT2D eigenvalue weighted by Gasteiger charge is -2.13. The van der Waals surface area contributed by atoms with Gasteiger partial charge in [-0.2, -0.15) is 5.10 Å². The fourth-order valence-corrected chi connectivity index (χ4v) is 2.34. The van der Waals surface area contributed by atoms with Crippen LogP contribution in [-0.4, -0.2) is 16.0 Å². The zero-order chi connectivity index (χ0) is 17.3. The first-order valence-corrected chi connectivity index (χ1v) is 6.83. The predicted octanol–water partition coefficient (Wildman–Crippen LogP) is 3.60. The number of aromatic nitrogens is 2. The number of nitrogen functional groups attached to an aromatic ring is 1. The molecule has 5 nitrogen and oxygen atoms in total. The van der Waals surface area contributed by atoms with Crippen molar-refractivity contribution in [2.75, 3.05) is 11.1 Å². The summed E-state index contributed by atoms with van der Waals surface area (Å²) in [5.74, 6) is -2.09. The molecule has 0 amide bonds. The Kier molecular flexibility index (Phi) is 3.95. The van der Waals surface area contributed by atoms with Crippen LogP contribution in [-0.2, 0) is 0 Å². The Labute approximate surface area is 134 Å². The molecule has 0 spiro atoms. The van der Waals surface area contributed by atoms with Crippen LogP contribution in [0.25, 0.3) is 11.1 Å². The molecule has 0 aliphatic carbocycles. The summed E-state index contributed by atoms with van der Waals surface area (Å²) in [7, 11) is 0. The first-order valence-electron chi connectivity index (χ1n) is 6.83. The SMILES string of the molecule is Nc1ccc(-c2ccc(N(F)F)c(F)c2C(=O)c2ccn[nH]2)cc1. The van der Waals surface area contributed by atoms with Gasteiger partial charge in [0.2, 0.25) is 5.78 Å². The van der Waals surface area contributed by atoms with E-state index in [1.54, 1.807) is 24.3 Å². The van der Waals surface area contributed by atoms with Crippen LogP contribution in [0.1, 0.15) is 16.1 Å². The van der Waals surface area contributed by atoms with Gasteiger partial charge in [-0.3, -0.25) is 9.89 Å². The molecule has 24 heavy (non-hydrogen) atoms. The maximum Gasteiger partial charge on any atom is 0.214 e. The van der Waals surface area contributed by atoms with Gasteiger partial charge in [0.25, 0.3) is 0 Å². The maximum atomic E-state index is 14.6. The highest BCUT2D eigenvalue weighted by Crippen LogP contribution is 2.33. The zero-order valence-corrected chi connectivity index (χ0v) is 12.1. The van der Waals surface area contributed by atoms with E-state index in [4.69, 9.17) is 5.73 Å². The molecule has 0 atom stereocenters. The highest BCUT2D eigenvalue weighted by atomic mass is 19.4. The Morgan fingerprint density at radius 1 is 1.08 bits per heavy atom. The quantitative estimate of drug-likeness (QED) is 0.435. The highest BCUT2D eigenvalue weighted by Gasteiger charge is 2.25. The molecule has 0 aliphatic rings. The normalized spacial score (nSPS) is 10.6. The fourth-order valence-electron chi connectivity index (χ4n) is 2.34. The zero-order valence-electron chi connectivity index (χ0n) is 12.1. The molecular formula is C16H11F3N4O. The Hall–Kier alpha value is -3.29. The second-order valence-electron chi connectivity index (χ2n) is 4.98. The van der Waals surface area contributed by atoms with Crippen LogP contribution in [0.3, 0.4) is 0 Å². The summed E-state index contributed by atoms with van der Waals surface area (Å²) in [4.78, 5) is 12.6. The van der Waals surface area contributed by atoms with Gasteiger partial charge in [-0.05, 0) is 40.7 Å². The van der Waals surface area contributed by atoms with Gasteiger partial charge in [-0.15, -0.1) is 0 Å². The van der Waals surface area contributed by atoms with E-state index in [2.05, 4.69) is 10.2 Å². The lowest BCUT2D eigenvalue weighted by molar-refractivity contribution is 0.103. The first-order chi connectivity index (χ1) is 11.5. The third kappa shape index (κ3) is 2.69. The van der Waals surface area contributed by atoms with Crippen LogP contribution in [0.5, 0.6) is 0 Å². The molecule has 122 valence electrons. The molecule has 0 saturated heterocycles. The topological polar surface area (TPSA) is 75.0 Å². The van der Waals surface area contributed by atoms with Gasteiger partial charge in [0.1, 0.15) is 11.4 Å². The molecule has 1 heterocycles. The molecule has 0 aliphatic heterocycles. The molecule has 8 heteroatoms. The molecule has 1 aromatic heterocycles. The third-order valence-corrected chi connectivity index (χ3v) is 3.50. The van der Waals surface area contributed by atoms with Gasteiger partial charge in [0.05, 0.1) is 5.56 Å². The van der Waals surface area contributed by atoms with E-state index in [1.807, 2.05) is 0 Å². The summed E-state index contributed by atoms with van der Waals surface area (Å²) in [6.07, 6.45) is 1.31. The van der Waals surface area contributed by atoms with Gasteiger partial charge in [0, 0.05) is 11.9 Å². The number of H-pyrrole nitrogens is 1. The van der Waals surface area contributed by atoms with Crippen molar-refractivity contribution in [3.8, 4) is 11.1 Å². The molecule has 0 bridgehead atoms. The van der Waals surface area contributed by atoms with Crippen LogP contribution >= 0.6 is 0 Å². The monoisotopic (exact) mass is 332 g/mol. The van der Waals surface area contributed by atoms with Crippen LogP contribution in [0, 0.1) is 5.82 Å². The van der Waals surface area contributed by atoms with E-state index in [0.29, 0.717) is 11.3 Å². The van der Waals surface area contributed by atoms with Crippen molar-refractivity contribution in [2.45, 2.75) is 0 Å². The average molecular weight is 332 g/mol. The number of nitrogens with one attached hydrogen (secondary N) is 1. The minimum atomic E-state index is -1.37. The van der Waals surface area contributed by atoms with Crippen molar-refractivity contribution >= 4 is 17.2 Å². The van der Waals surface area contributed by atoms with Crippen LogP contribution in [0.15, 0.2) is 48.7 Å². The van der Waals surface area contributed by atoms with Crippen molar-refractivity contribution in [2.24, 2.45) is 0 Å². The lowest BCUT2D eigenvalue weighted by atomic mass is 9.94.